The summed E-state index contributed by atoms with van der Waals surface area (Å²) in [7, 11) is 12.7. The third-order valence-corrected chi connectivity index (χ3v) is 7.61. The van der Waals surface area contributed by atoms with Gasteiger partial charge in [0.2, 0.25) is 23.3 Å². The quantitative estimate of drug-likeness (QED) is 0.230. The van der Waals surface area contributed by atoms with E-state index in [0.29, 0.717) is 0 Å². The van der Waals surface area contributed by atoms with Crippen molar-refractivity contribution in [3.63, 3.8) is 0 Å². The number of amidine groups is 4. The summed E-state index contributed by atoms with van der Waals surface area (Å²) < 4.78 is 0. The van der Waals surface area contributed by atoms with E-state index < -0.39 is 23.9 Å². The van der Waals surface area contributed by atoms with E-state index in [1.165, 1.54) is 28.2 Å². The van der Waals surface area contributed by atoms with E-state index >= 15 is 0 Å². The Balaban J connectivity index is -0.000000644. The number of carboxylic acids is 4. The molecule has 4 N–H and O–H groups in total. The number of halogens is 2. The zero-order valence-corrected chi connectivity index (χ0v) is 36.2. The first-order valence-electron chi connectivity index (χ1n) is 15.8. The SMILES string of the molecule is CN=C(C(=O)O)N(C)C1=CC=CC1.CN=C(C(=O)O)N(C)C1=CC=CC1.CN=C(C(=O)O)N(C)C1=CC=CC1.CN=C(C(=O)O)N(C)C1=CC=CC1.Cl.Cl.[Zr]. The van der Waals surface area contributed by atoms with Crippen LogP contribution in [-0.2, 0) is 45.4 Å². The van der Waals surface area contributed by atoms with Gasteiger partial charge in [0.15, 0.2) is 0 Å². The number of nitrogens with zero attached hydrogens (tertiary/aromatic N) is 8. The fourth-order valence-electron chi connectivity index (χ4n) is 4.84. The molecular weight excluding hydrogens is 835 g/mol. The van der Waals surface area contributed by atoms with E-state index in [4.69, 9.17) is 20.4 Å². The van der Waals surface area contributed by atoms with Crippen molar-refractivity contribution in [2.24, 2.45) is 20.0 Å². The van der Waals surface area contributed by atoms with Gasteiger partial charge in [-0.15, -0.1) is 24.8 Å². The molecule has 4 aliphatic carbocycles. The molecule has 4 aliphatic rings. The standard InChI is InChI=1S/4C9H12N2O2.2ClH.Zr/c4*1-10-8(9(12)13)11(2)7-5-3-4-6-7;;;/h4*3-5H,6H2,1-2H3,(H,12,13);2*1H;. The number of hydrogen-bond donors (Lipinski definition) is 4. The number of hydrogen-bond acceptors (Lipinski definition) is 8. The zero-order chi connectivity index (χ0) is 39.4. The van der Waals surface area contributed by atoms with Gasteiger partial charge in [-0.3, -0.25) is 20.0 Å². The van der Waals surface area contributed by atoms with Crippen LogP contribution in [0.2, 0.25) is 0 Å². The average molecular weight is 885 g/mol. The molecule has 0 saturated heterocycles. The van der Waals surface area contributed by atoms with E-state index in [1.807, 2.05) is 72.9 Å². The maximum Gasteiger partial charge on any atom is 0.371 e. The van der Waals surface area contributed by atoms with Crippen LogP contribution in [0.4, 0.5) is 0 Å². The van der Waals surface area contributed by atoms with Crippen LogP contribution in [0.1, 0.15) is 25.7 Å². The first-order chi connectivity index (χ1) is 24.7. The Morgan fingerprint density at radius 2 is 0.600 bits per heavy atom. The smallest absolute Gasteiger partial charge is 0.371 e. The van der Waals surface area contributed by atoms with Crippen LogP contribution < -0.4 is 0 Å². The number of likely N-dealkylation sites (N-methyl/N-ethyl adjacent to an activating group) is 4. The molecule has 4 rings (SSSR count). The van der Waals surface area contributed by atoms with Gasteiger partial charge in [-0.2, -0.15) is 0 Å². The molecule has 0 unspecified atom stereocenters. The Morgan fingerprint density at radius 3 is 0.691 bits per heavy atom. The second kappa shape index (κ2) is 28.6. The zero-order valence-electron chi connectivity index (χ0n) is 32.1. The van der Waals surface area contributed by atoms with Crippen LogP contribution in [0.15, 0.2) is 116 Å². The summed E-state index contributed by atoms with van der Waals surface area (Å²) in [5, 5.41) is 35.1. The summed E-state index contributed by atoms with van der Waals surface area (Å²) in [6, 6.07) is 0. The van der Waals surface area contributed by atoms with Crippen molar-refractivity contribution in [3.05, 3.63) is 95.7 Å². The minimum Gasteiger partial charge on any atom is -0.475 e. The van der Waals surface area contributed by atoms with Gasteiger partial charge >= 0.3 is 23.9 Å². The van der Waals surface area contributed by atoms with Gasteiger partial charge in [0.1, 0.15) is 0 Å². The van der Waals surface area contributed by atoms with Crippen LogP contribution in [0.5, 0.6) is 0 Å². The minimum absolute atomic E-state index is 0. The van der Waals surface area contributed by atoms with Gasteiger partial charge in [0, 0.05) is 131 Å². The molecule has 55 heavy (non-hydrogen) atoms. The molecule has 0 amide bonds. The summed E-state index contributed by atoms with van der Waals surface area (Å²) in [5.74, 6) is -3.75. The molecule has 0 aromatic carbocycles. The van der Waals surface area contributed by atoms with Gasteiger partial charge in [-0.1, -0.05) is 48.6 Å². The van der Waals surface area contributed by atoms with Crippen molar-refractivity contribution in [2.75, 3.05) is 56.4 Å². The molecule has 0 radical (unpaired) electrons. The fraction of sp³-hybridized carbons (Fsp3) is 0.333. The first-order valence-corrected chi connectivity index (χ1v) is 15.8. The second-order valence-corrected chi connectivity index (χ2v) is 10.8. The van der Waals surface area contributed by atoms with Crippen molar-refractivity contribution >= 4 is 72.0 Å². The van der Waals surface area contributed by atoms with Gasteiger partial charge in [-0.25, -0.2) is 19.2 Å². The van der Waals surface area contributed by atoms with Gasteiger partial charge in [-0.05, 0) is 24.3 Å². The molecular formula is C36H50Cl2N8O8Zr. The van der Waals surface area contributed by atoms with Crippen molar-refractivity contribution < 1.29 is 65.8 Å². The Hall–Kier alpha value is -4.86. The molecule has 0 saturated carbocycles. The minimum atomic E-state index is -1.00. The molecule has 300 valence electrons. The number of carbonyl (C=O) groups is 4. The van der Waals surface area contributed by atoms with E-state index in [2.05, 4.69) is 20.0 Å². The Morgan fingerprint density at radius 1 is 0.436 bits per heavy atom. The summed E-state index contributed by atoms with van der Waals surface area (Å²) >= 11 is 0. The molecule has 0 bridgehead atoms. The van der Waals surface area contributed by atoms with Crippen LogP contribution in [0.25, 0.3) is 0 Å². The third-order valence-electron chi connectivity index (χ3n) is 7.61. The number of aliphatic imine (C=N–C) groups is 4. The first kappa shape index (κ1) is 54.5. The van der Waals surface area contributed by atoms with E-state index in [1.54, 1.807) is 47.8 Å². The molecule has 0 aliphatic heterocycles. The molecule has 0 atom stereocenters. The molecule has 0 spiro atoms. The fourth-order valence-corrected chi connectivity index (χ4v) is 4.84. The Bertz CT molecular complexity index is 1480. The van der Waals surface area contributed by atoms with Gasteiger partial charge in [0.05, 0.1) is 0 Å². The maximum absolute atomic E-state index is 10.7. The van der Waals surface area contributed by atoms with Crippen LogP contribution in [0.3, 0.4) is 0 Å². The van der Waals surface area contributed by atoms with Gasteiger partial charge < -0.3 is 40.0 Å². The molecule has 16 nitrogen and oxygen atoms in total. The molecule has 0 heterocycles. The summed E-state index contributed by atoms with van der Waals surface area (Å²) in [6.45, 7) is 0. The summed E-state index contributed by atoms with van der Waals surface area (Å²) in [4.78, 5) is 64.0. The van der Waals surface area contributed by atoms with Crippen LogP contribution in [-0.4, -0.2) is 144 Å². The predicted molar refractivity (Wildman–Crippen MR) is 217 cm³/mol. The molecule has 0 aromatic rings. The van der Waals surface area contributed by atoms with E-state index in [9.17, 15) is 19.2 Å². The monoisotopic (exact) mass is 882 g/mol. The average Bonchev–Trinajstić information content (AvgIpc) is 3.95. The number of carboxylic acid groups (broad SMARTS) is 4. The summed E-state index contributed by atoms with van der Waals surface area (Å²) in [5.41, 5.74) is 3.79. The topological polar surface area (TPSA) is 212 Å². The van der Waals surface area contributed by atoms with Crippen LogP contribution in [0, 0.1) is 0 Å². The van der Waals surface area contributed by atoms with E-state index in [0.717, 1.165) is 48.5 Å². The Labute approximate surface area is 353 Å². The number of aliphatic carboxylic acids is 4. The third kappa shape index (κ3) is 17.4. The molecule has 0 fully saturated rings. The maximum atomic E-state index is 10.7. The van der Waals surface area contributed by atoms with Crippen molar-refractivity contribution in [2.45, 2.75) is 25.7 Å². The summed E-state index contributed by atoms with van der Waals surface area (Å²) in [6.07, 6.45) is 26.1. The second-order valence-electron chi connectivity index (χ2n) is 10.8. The van der Waals surface area contributed by atoms with Crippen LogP contribution >= 0.6 is 24.8 Å². The van der Waals surface area contributed by atoms with Crippen molar-refractivity contribution in [1.29, 1.82) is 0 Å². The predicted octanol–water partition coefficient (Wildman–Crippen LogP) is 4.34. The van der Waals surface area contributed by atoms with Crippen molar-refractivity contribution in [3.8, 4) is 0 Å². The van der Waals surface area contributed by atoms with E-state index in [-0.39, 0.29) is 74.4 Å². The molecule has 19 heteroatoms. The Kier molecular flexibility index (Phi) is 28.3. The van der Waals surface area contributed by atoms with Gasteiger partial charge in [0.25, 0.3) is 0 Å². The number of allylic oxidation sites excluding steroid dienone is 12. The largest absolute Gasteiger partial charge is 0.475 e. The number of rotatable bonds is 4. The van der Waals surface area contributed by atoms with Crippen molar-refractivity contribution in [1.82, 2.24) is 19.6 Å². The molecule has 0 aromatic heterocycles. The normalized spacial score (nSPS) is 15.0.